The molecule has 0 aliphatic carbocycles. The highest BCUT2D eigenvalue weighted by Gasteiger charge is 2.34. The van der Waals surface area contributed by atoms with Crippen LogP contribution in [0.1, 0.15) is 26.3 Å². The Balaban J connectivity index is 2.35. The summed E-state index contributed by atoms with van der Waals surface area (Å²) in [5, 5.41) is -0.0483. The van der Waals surface area contributed by atoms with Gasteiger partial charge < -0.3 is 4.74 Å². The molecule has 0 saturated carbocycles. The van der Waals surface area contributed by atoms with Crippen LogP contribution >= 0.6 is 23.2 Å². The van der Waals surface area contributed by atoms with Crippen LogP contribution in [0.25, 0.3) is 0 Å². The second-order valence-corrected chi connectivity index (χ2v) is 5.35. The maximum atomic E-state index is 13.5. The topological polar surface area (TPSA) is 43.4 Å². The molecule has 0 unspecified atom stereocenters. The van der Waals surface area contributed by atoms with Gasteiger partial charge in [-0.2, -0.15) is 13.2 Å². The van der Waals surface area contributed by atoms with E-state index >= 15 is 0 Å². The van der Waals surface area contributed by atoms with Crippen molar-refractivity contribution >= 4 is 35.5 Å². The summed E-state index contributed by atoms with van der Waals surface area (Å²) in [6.45, 7) is 0. The fraction of sp³-hybridized carbons (Fsp3) is 0.0667. The van der Waals surface area contributed by atoms with Crippen molar-refractivity contribution in [2.24, 2.45) is 0 Å². The third-order valence-electron chi connectivity index (χ3n) is 2.87. The molecule has 2 aromatic carbocycles. The van der Waals surface area contributed by atoms with E-state index in [-0.39, 0.29) is 21.4 Å². The van der Waals surface area contributed by atoms with E-state index in [0.717, 1.165) is 6.07 Å². The Morgan fingerprint density at radius 2 is 1.79 bits per heavy atom. The molecule has 0 aliphatic rings. The lowest BCUT2D eigenvalue weighted by molar-refractivity contribution is -0.140. The maximum Gasteiger partial charge on any atom is 0.419 e. The van der Waals surface area contributed by atoms with Crippen LogP contribution in [0, 0.1) is 5.82 Å². The molecule has 0 spiro atoms. The first kappa shape index (κ1) is 18.2. The predicted octanol–water partition coefficient (Wildman–Crippen LogP) is 5.18. The molecule has 0 aromatic heterocycles. The molecule has 0 aliphatic heterocycles. The average Bonchev–Trinajstić information content (AvgIpc) is 2.48. The minimum absolute atomic E-state index is 0.113. The molecule has 0 heterocycles. The highest BCUT2D eigenvalue weighted by atomic mass is 35.5. The van der Waals surface area contributed by atoms with Gasteiger partial charge in [-0.25, -0.2) is 9.18 Å². The number of halogens is 6. The van der Waals surface area contributed by atoms with Gasteiger partial charge in [0.25, 0.3) is 0 Å². The zero-order chi connectivity index (χ0) is 18.1. The Morgan fingerprint density at radius 1 is 1.12 bits per heavy atom. The molecule has 0 fully saturated rings. The second-order valence-electron chi connectivity index (χ2n) is 4.51. The van der Waals surface area contributed by atoms with E-state index in [2.05, 4.69) is 0 Å². The maximum absolute atomic E-state index is 13.5. The van der Waals surface area contributed by atoms with E-state index in [1.54, 1.807) is 0 Å². The minimum Gasteiger partial charge on any atom is -0.421 e. The van der Waals surface area contributed by atoms with Gasteiger partial charge >= 0.3 is 12.1 Å². The van der Waals surface area contributed by atoms with Crippen LogP contribution in [-0.2, 0) is 6.18 Å². The van der Waals surface area contributed by atoms with Crippen LogP contribution in [0.2, 0.25) is 10.0 Å². The molecule has 2 aromatic rings. The molecule has 9 heteroatoms. The van der Waals surface area contributed by atoms with Crippen LogP contribution in [0.4, 0.5) is 17.6 Å². The van der Waals surface area contributed by atoms with Crippen molar-refractivity contribution in [2.75, 3.05) is 0 Å². The number of benzene rings is 2. The first-order valence-electron chi connectivity index (χ1n) is 6.16. The number of hydrogen-bond acceptors (Lipinski definition) is 3. The number of aldehydes is 1. The van der Waals surface area contributed by atoms with Crippen LogP contribution in [0.5, 0.6) is 5.75 Å². The summed E-state index contributed by atoms with van der Waals surface area (Å²) < 4.78 is 55.9. The Morgan fingerprint density at radius 3 is 2.33 bits per heavy atom. The Bertz CT molecular complexity index is 819. The van der Waals surface area contributed by atoms with Gasteiger partial charge in [0, 0.05) is 5.02 Å². The summed E-state index contributed by atoms with van der Waals surface area (Å²) in [5.41, 5.74) is -2.14. The summed E-state index contributed by atoms with van der Waals surface area (Å²) in [5.74, 6) is -3.15. The number of carbonyl (C=O) groups is 2. The highest BCUT2D eigenvalue weighted by Crippen LogP contribution is 2.33. The van der Waals surface area contributed by atoms with E-state index < -0.39 is 29.1 Å². The third kappa shape index (κ3) is 3.85. The molecule has 0 N–H and O–H groups in total. The molecule has 2 rings (SSSR count). The zero-order valence-corrected chi connectivity index (χ0v) is 13.0. The first-order chi connectivity index (χ1) is 11.1. The number of rotatable bonds is 3. The summed E-state index contributed by atoms with van der Waals surface area (Å²) in [4.78, 5) is 22.9. The fourth-order valence-electron chi connectivity index (χ4n) is 1.80. The summed E-state index contributed by atoms with van der Waals surface area (Å²) >= 11 is 11.5. The molecule has 3 nitrogen and oxygen atoms in total. The second kappa shape index (κ2) is 6.78. The molecule has 0 saturated heterocycles. The number of esters is 1. The molecule has 0 atom stereocenters. The van der Waals surface area contributed by atoms with Gasteiger partial charge in [0.1, 0.15) is 5.82 Å². The van der Waals surface area contributed by atoms with Crippen molar-refractivity contribution in [3.8, 4) is 5.75 Å². The van der Waals surface area contributed by atoms with Crippen LogP contribution < -0.4 is 4.74 Å². The van der Waals surface area contributed by atoms with E-state index in [4.69, 9.17) is 27.9 Å². The van der Waals surface area contributed by atoms with Gasteiger partial charge in [-0.15, -0.1) is 0 Å². The van der Waals surface area contributed by atoms with Gasteiger partial charge in [-0.3, -0.25) is 4.79 Å². The standard InChI is InChI=1S/C15H6Cl2F4O3/c16-9-3-8(6-22)13(11(17)5-9)24-14(23)7-1-2-10(12(18)4-7)15(19,20)21/h1-6H. The largest absolute Gasteiger partial charge is 0.421 e. The molecule has 24 heavy (non-hydrogen) atoms. The van der Waals surface area contributed by atoms with Gasteiger partial charge in [0.15, 0.2) is 12.0 Å². The highest BCUT2D eigenvalue weighted by molar-refractivity contribution is 6.36. The Kier molecular flexibility index (Phi) is 5.15. The molecule has 0 bridgehead atoms. The van der Waals surface area contributed by atoms with Gasteiger partial charge in [0.2, 0.25) is 0 Å². The molecular weight excluding hydrogens is 375 g/mol. The van der Waals surface area contributed by atoms with Crippen LogP contribution in [0.15, 0.2) is 30.3 Å². The lowest BCUT2D eigenvalue weighted by Gasteiger charge is -2.11. The van der Waals surface area contributed by atoms with Crippen molar-refractivity contribution in [1.29, 1.82) is 0 Å². The van der Waals surface area contributed by atoms with Crippen molar-refractivity contribution in [3.05, 3.63) is 62.9 Å². The van der Waals surface area contributed by atoms with Gasteiger partial charge in [-0.1, -0.05) is 23.2 Å². The average molecular weight is 381 g/mol. The predicted molar refractivity (Wildman–Crippen MR) is 78.2 cm³/mol. The number of carbonyl (C=O) groups excluding carboxylic acids is 2. The van der Waals surface area contributed by atoms with E-state index in [0.29, 0.717) is 18.4 Å². The van der Waals surface area contributed by atoms with Crippen LogP contribution in [-0.4, -0.2) is 12.3 Å². The Labute approximate surface area is 142 Å². The van der Waals surface area contributed by atoms with Gasteiger partial charge in [-0.05, 0) is 30.3 Å². The fourth-order valence-corrected chi connectivity index (χ4v) is 2.35. The van der Waals surface area contributed by atoms with E-state index in [1.165, 1.54) is 12.1 Å². The van der Waals surface area contributed by atoms with Crippen LogP contribution in [0.3, 0.4) is 0 Å². The quantitative estimate of drug-likeness (QED) is 0.318. The van der Waals surface area contributed by atoms with Crippen molar-refractivity contribution in [1.82, 2.24) is 0 Å². The number of alkyl halides is 3. The molecular formula is C15H6Cl2F4O3. The smallest absolute Gasteiger partial charge is 0.419 e. The zero-order valence-electron chi connectivity index (χ0n) is 11.5. The van der Waals surface area contributed by atoms with Gasteiger partial charge in [0.05, 0.1) is 21.7 Å². The minimum atomic E-state index is -4.89. The lowest BCUT2D eigenvalue weighted by atomic mass is 10.1. The molecule has 0 amide bonds. The monoisotopic (exact) mass is 380 g/mol. The van der Waals surface area contributed by atoms with Crippen molar-refractivity contribution < 1.29 is 31.9 Å². The van der Waals surface area contributed by atoms with Crippen molar-refractivity contribution in [3.63, 3.8) is 0 Å². The number of hydrogen-bond donors (Lipinski definition) is 0. The third-order valence-corrected chi connectivity index (χ3v) is 3.37. The van der Waals surface area contributed by atoms with E-state index in [9.17, 15) is 27.2 Å². The summed E-state index contributed by atoms with van der Waals surface area (Å²) in [6, 6.07) is 3.92. The molecule has 126 valence electrons. The first-order valence-corrected chi connectivity index (χ1v) is 6.92. The number of ether oxygens (including phenoxy) is 1. The molecule has 0 radical (unpaired) electrons. The Hall–Kier alpha value is -2.12. The van der Waals surface area contributed by atoms with E-state index in [1.807, 2.05) is 0 Å². The normalized spacial score (nSPS) is 11.2. The summed E-state index contributed by atoms with van der Waals surface area (Å²) in [6.07, 6.45) is -4.57. The SMILES string of the molecule is O=Cc1cc(Cl)cc(Cl)c1OC(=O)c1ccc(C(F)(F)F)c(F)c1. The lowest BCUT2D eigenvalue weighted by Crippen LogP contribution is -2.13. The summed E-state index contributed by atoms with van der Waals surface area (Å²) in [7, 11) is 0. The van der Waals surface area contributed by atoms with Crippen molar-refractivity contribution in [2.45, 2.75) is 6.18 Å².